The second-order valence-electron chi connectivity index (χ2n) is 5.68. The molecule has 0 bridgehead atoms. The van der Waals surface area contributed by atoms with Crippen LogP contribution in [0.25, 0.3) is 5.70 Å². The zero-order valence-electron chi connectivity index (χ0n) is 13.0. The number of benzene rings is 1. The Balaban J connectivity index is 0.00000192. The molecule has 1 radical (unpaired) electrons. The molecule has 1 heterocycles. The Morgan fingerprint density at radius 2 is 2.17 bits per heavy atom. The third-order valence-electron chi connectivity index (χ3n) is 3.95. The first-order valence-electron chi connectivity index (χ1n) is 7.59. The Morgan fingerprint density at radius 1 is 1.43 bits per heavy atom. The van der Waals surface area contributed by atoms with Crippen LogP contribution in [0.5, 0.6) is 5.75 Å². The van der Waals surface area contributed by atoms with Crippen molar-refractivity contribution in [3.05, 3.63) is 35.7 Å². The van der Waals surface area contributed by atoms with Crippen LogP contribution in [-0.2, 0) is 37.5 Å². The summed E-state index contributed by atoms with van der Waals surface area (Å²) in [4.78, 5) is 13.8. The first-order chi connectivity index (χ1) is 10.6. The Bertz CT molecular complexity index is 619. The van der Waals surface area contributed by atoms with Gasteiger partial charge in [0.15, 0.2) is 0 Å². The predicted octanol–water partition coefficient (Wildman–Crippen LogP) is 3.81. The van der Waals surface area contributed by atoms with E-state index in [0.29, 0.717) is 42.5 Å². The summed E-state index contributed by atoms with van der Waals surface area (Å²) in [6.07, 6.45) is 6.09. The molecule has 1 unspecified atom stereocenters. The van der Waals surface area contributed by atoms with Gasteiger partial charge in [-0.3, -0.25) is 4.79 Å². The molecule has 1 aliphatic heterocycles. The van der Waals surface area contributed by atoms with Gasteiger partial charge in [-0.25, -0.2) is 10.5 Å². The maximum absolute atomic E-state index is 14.4. The summed E-state index contributed by atoms with van der Waals surface area (Å²) in [5.41, 5.74) is 0.962. The van der Waals surface area contributed by atoms with Crippen LogP contribution in [0.2, 0.25) is 0 Å². The van der Waals surface area contributed by atoms with Gasteiger partial charge in [0.25, 0.3) is 0 Å². The zero-order chi connectivity index (χ0) is 15.7. The normalized spacial score (nSPS) is 20.8. The molecule has 1 aromatic carbocycles. The Kier molecular flexibility index (Phi) is 7.05. The molecule has 2 aliphatic rings. The van der Waals surface area contributed by atoms with Crippen LogP contribution in [-0.4, -0.2) is 27.9 Å². The van der Waals surface area contributed by atoms with Gasteiger partial charge in [0.2, 0.25) is 5.91 Å². The number of ether oxygens (including phenoxy) is 1. The molecule has 0 saturated heterocycles. The van der Waals surface area contributed by atoms with Gasteiger partial charge in [-0.2, -0.15) is 0 Å². The first-order valence-corrected chi connectivity index (χ1v) is 8.83. The van der Waals surface area contributed by atoms with E-state index in [4.69, 9.17) is 4.74 Å². The fourth-order valence-electron chi connectivity index (χ4n) is 2.48. The van der Waals surface area contributed by atoms with Crippen LogP contribution in [0.1, 0.15) is 31.7 Å². The molecular formula is C17H18FINO2Y-. The average Bonchev–Trinajstić information content (AvgIpc) is 3.32. The quantitative estimate of drug-likeness (QED) is 0.348. The molecule has 1 aromatic rings. The molecule has 0 spiro atoms. The molecule has 0 aromatic heterocycles. The molecular weight excluding hydrogens is 485 g/mol. The van der Waals surface area contributed by atoms with E-state index in [0.717, 1.165) is 0 Å². The number of hydrogen-bond donors (Lipinski definition) is 0. The van der Waals surface area contributed by atoms with E-state index >= 15 is 0 Å². The molecule has 23 heavy (non-hydrogen) atoms. The van der Waals surface area contributed by atoms with Crippen molar-refractivity contribution in [1.29, 1.82) is 0 Å². The summed E-state index contributed by atoms with van der Waals surface area (Å²) in [7, 11) is 0. The third-order valence-corrected chi connectivity index (χ3v) is 4.92. The minimum atomic E-state index is -0.367. The van der Waals surface area contributed by atoms with Crippen molar-refractivity contribution >= 4 is 34.2 Å². The molecule has 121 valence electrons. The van der Waals surface area contributed by atoms with E-state index < -0.39 is 0 Å². The van der Waals surface area contributed by atoms with Gasteiger partial charge in [0.05, 0.1) is 16.3 Å². The minimum absolute atomic E-state index is 0. The fourth-order valence-corrected chi connectivity index (χ4v) is 3.04. The number of halogens is 2. The molecule has 1 atom stereocenters. The molecule has 6 heteroatoms. The molecule has 1 fully saturated rings. The van der Waals surface area contributed by atoms with Crippen LogP contribution in [0.4, 0.5) is 4.39 Å². The van der Waals surface area contributed by atoms with Crippen molar-refractivity contribution in [2.45, 2.75) is 30.1 Å². The monoisotopic (exact) mass is 503 g/mol. The third kappa shape index (κ3) is 4.54. The number of amides is 1. The van der Waals surface area contributed by atoms with Gasteiger partial charge in [-0.1, -0.05) is 29.0 Å². The second kappa shape index (κ2) is 8.39. The number of rotatable bonds is 5. The van der Waals surface area contributed by atoms with Gasteiger partial charge >= 0.3 is 0 Å². The number of allylic oxidation sites excluding steroid dienone is 1. The van der Waals surface area contributed by atoms with Crippen LogP contribution in [0, 0.1) is 17.8 Å². The van der Waals surface area contributed by atoms with E-state index in [9.17, 15) is 9.18 Å². The standard InChI is InChI=1S/C17H18FINO2.Y/c1-2-20-16(8-7-15(19)17(20)21)13-6-5-12(9-14(13)18)22-10-11-3-4-11;/h5-6,9,11,15H,2-4,7,10H2,1H3;/q-1;. The van der Waals surface area contributed by atoms with Gasteiger partial charge in [0.1, 0.15) is 5.75 Å². The smallest absolute Gasteiger partial charge is 0.235 e. The van der Waals surface area contributed by atoms with Gasteiger partial charge in [-0.05, 0) is 37.8 Å². The van der Waals surface area contributed by atoms with E-state index in [1.54, 1.807) is 17.0 Å². The van der Waals surface area contributed by atoms with Crippen molar-refractivity contribution in [3.63, 3.8) is 0 Å². The molecule has 1 aliphatic carbocycles. The predicted molar refractivity (Wildman–Crippen MR) is 91.1 cm³/mol. The number of hydrogen-bond acceptors (Lipinski definition) is 2. The maximum Gasteiger partial charge on any atom is 0.235 e. The van der Waals surface area contributed by atoms with Crippen LogP contribution in [0.3, 0.4) is 0 Å². The SMILES string of the molecule is CCN1C(=O)C(I)C[C-]=C1c1ccc(OCC2CC2)cc1F.[Y]. The topological polar surface area (TPSA) is 29.5 Å². The fraction of sp³-hybridized carbons (Fsp3) is 0.471. The van der Waals surface area contributed by atoms with Crippen molar-refractivity contribution in [2.75, 3.05) is 13.2 Å². The van der Waals surface area contributed by atoms with Gasteiger partial charge in [-0.15, -0.1) is 17.3 Å². The molecule has 0 N–H and O–H groups in total. The largest absolute Gasteiger partial charge is 0.493 e. The van der Waals surface area contributed by atoms with Crippen molar-refractivity contribution < 1.29 is 46.6 Å². The first kappa shape index (κ1) is 19.3. The van der Waals surface area contributed by atoms with Crippen LogP contribution < -0.4 is 4.74 Å². The summed E-state index contributed by atoms with van der Waals surface area (Å²) in [6, 6.07) is 4.86. The molecule has 1 saturated carbocycles. The van der Waals surface area contributed by atoms with Crippen molar-refractivity contribution in [3.8, 4) is 5.75 Å². The zero-order valence-corrected chi connectivity index (χ0v) is 18.0. The van der Waals surface area contributed by atoms with E-state index in [1.807, 2.05) is 6.92 Å². The maximum atomic E-state index is 14.4. The minimum Gasteiger partial charge on any atom is -0.493 e. The van der Waals surface area contributed by atoms with Crippen molar-refractivity contribution in [2.24, 2.45) is 5.92 Å². The summed E-state index contributed by atoms with van der Waals surface area (Å²) in [5.74, 6) is 0.830. The Hall–Kier alpha value is -0.00610. The summed E-state index contributed by atoms with van der Waals surface area (Å²) >= 11 is 2.11. The van der Waals surface area contributed by atoms with E-state index in [-0.39, 0.29) is 48.4 Å². The van der Waals surface area contributed by atoms with Gasteiger partial charge < -0.3 is 9.64 Å². The van der Waals surface area contributed by atoms with Crippen LogP contribution >= 0.6 is 22.6 Å². The second-order valence-corrected chi connectivity index (χ2v) is 7.18. The Morgan fingerprint density at radius 3 is 2.78 bits per heavy atom. The Labute approximate surface area is 175 Å². The van der Waals surface area contributed by atoms with E-state index in [1.165, 1.54) is 18.9 Å². The number of carbonyl (C=O) groups is 1. The molecule has 3 nitrogen and oxygen atoms in total. The van der Waals surface area contributed by atoms with Crippen LogP contribution in [0.15, 0.2) is 18.2 Å². The van der Waals surface area contributed by atoms with E-state index in [2.05, 4.69) is 28.7 Å². The molecule has 3 rings (SSSR count). The summed E-state index contributed by atoms with van der Waals surface area (Å²) in [5, 5.41) is 0. The number of alkyl halides is 1. The molecule has 1 amide bonds. The number of carbonyl (C=O) groups excluding carboxylic acids is 1. The average molecular weight is 503 g/mol. The summed E-state index contributed by atoms with van der Waals surface area (Å²) < 4.78 is 19.9. The van der Waals surface area contributed by atoms with Gasteiger partial charge in [0, 0.05) is 39.3 Å². The summed E-state index contributed by atoms with van der Waals surface area (Å²) in [6.45, 7) is 3.06. The number of nitrogens with zero attached hydrogens (tertiary/aromatic N) is 1. The van der Waals surface area contributed by atoms with Crippen molar-refractivity contribution in [1.82, 2.24) is 4.90 Å².